The van der Waals surface area contributed by atoms with Crippen LogP contribution in [0, 0.1) is 0 Å². The molecule has 1 unspecified atom stereocenters. The zero-order chi connectivity index (χ0) is 9.10. The summed E-state index contributed by atoms with van der Waals surface area (Å²) in [5.74, 6) is 0.583. The minimum atomic E-state index is 0.0787. The van der Waals surface area contributed by atoms with Gasteiger partial charge in [0.25, 0.3) is 0 Å². The molecule has 0 bridgehead atoms. The lowest BCUT2D eigenvalue weighted by molar-refractivity contribution is 0.143. The van der Waals surface area contributed by atoms with Gasteiger partial charge in [-0.3, -0.25) is 4.99 Å². The predicted molar refractivity (Wildman–Crippen MR) is 51.6 cm³/mol. The Morgan fingerprint density at radius 2 is 2.08 bits per heavy atom. The molecule has 0 fully saturated rings. The van der Waals surface area contributed by atoms with Crippen molar-refractivity contribution in [2.75, 3.05) is 13.2 Å². The second-order valence-corrected chi connectivity index (χ2v) is 3.06. The molecule has 1 aliphatic rings. The van der Waals surface area contributed by atoms with Crippen LogP contribution in [-0.2, 0) is 4.74 Å². The third kappa shape index (κ3) is 1.87. The monoisotopic (exact) mass is 176 g/mol. The highest BCUT2D eigenvalue weighted by atomic mass is 16.5. The van der Waals surface area contributed by atoms with Crippen LogP contribution in [0.15, 0.2) is 35.3 Å². The fraction of sp³-hybridized carbons (Fsp3) is 0.300. The summed E-state index contributed by atoms with van der Waals surface area (Å²) in [6, 6.07) is 10.1. The van der Waals surface area contributed by atoms with Crippen LogP contribution >= 0.6 is 0 Å². The van der Waals surface area contributed by atoms with Gasteiger partial charge in [-0.1, -0.05) is 30.3 Å². The normalized spacial score (nSPS) is 22.5. The lowest BCUT2D eigenvalue weighted by Gasteiger charge is -2.18. The molecule has 0 aromatic heterocycles. The summed E-state index contributed by atoms with van der Waals surface area (Å²) in [5, 5.41) is 0. The van der Waals surface area contributed by atoms with Crippen molar-refractivity contribution >= 4 is 5.84 Å². The van der Waals surface area contributed by atoms with Gasteiger partial charge in [-0.15, -0.1) is 0 Å². The van der Waals surface area contributed by atoms with Crippen LogP contribution in [0.25, 0.3) is 0 Å². The highest BCUT2D eigenvalue weighted by Crippen LogP contribution is 2.19. The Bertz CT molecular complexity index is 308. The fourth-order valence-electron chi connectivity index (χ4n) is 1.40. The molecule has 3 nitrogen and oxygen atoms in total. The van der Waals surface area contributed by atoms with Crippen molar-refractivity contribution in [2.45, 2.75) is 6.04 Å². The van der Waals surface area contributed by atoms with Crippen LogP contribution in [0.5, 0.6) is 0 Å². The number of amidine groups is 1. The van der Waals surface area contributed by atoms with Crippen molar-refractivity contribution in [3.8, 4) is 0 Å². The van der Waals surface area contributed by atoms with Crippen LogP contribution in [0.3, 0.4) is 0 Å². The van der Waals surface area contributed by atoms with Crippen molar-refractivity contribution < 1.29 is 4.74 Å². The third-order valence-electron chi connectivity index (χ3n) is 2.03. The summed E-state index contributed by atoms with van der Waals surface area (Å²) >= 11 is 0. The molecule has 1 atom stereocenters. The van der Waals surface area contributed by atoms with Gasteiger partial charge in [0.1, 0.15) is 18.5 Å². The van der Waals surface area contributed by atoms with E-state index in [0.717, 1.165) is 5.56 Å². The van der Waals surface area contributed by atoms with E-state index in [1.807, 2.05) is 30.3 Å². The van der Waals surface area contributed by atoms with Crippen molar-refractivity contribution in [1.29, 1.82) is 0 Å². The number of nitrogens with two attached hydrogens (primary N) is 1. The van der Waals surface area contributed by atoms with Gasteiger partial charge in [-0.25, -0.2) is 0 Å². The van der Waals surface area contributed by atoms with Crippen molar-refractivity contribution in [2.24, 2.45) is 10.7 Å². The summed E-state index contributed by atoms with van der Waals surface area (Å²) < 4.78 is 5.29. The average Bonchev–Trinajstić information content (AvgIpc) is 2.19. The first-order chi connectivity index (χ1) is 6.36. The molecule has 0 spiro atoms. The Morgan fingerprint density at radius 1 is 1.31 bits per heavy atom. The molecule has 0 amide bonds. The maximum atomic E-state index is 5.59. The maximum Gasteiger partial charge on any atom is 0.121 e. The minimum absolute atomic E-state index is 0.0787. The highest BCUT2D eigenvalue weighted by molar-refractivity contribution is 5.82. The van der Waals surface area contributed by atoms with Crippen molar-refractivity contribution in [1.82, 2.24) is 0 Å². The molecule has 3 heteroatoms. The van der Waals surface area contributed by atoms with Crippen LogP contribution in [0.4, 0.5) is 0 Å². The van der Waals surface area contributed by atoms with Crippen molar-refractivity contribution in [3.63, 3.8) is 0 Å². The van der Waals surface area contributed by atoms with Gasteiger partial charge in [-0.2, -0.15) is 0 Å². The van der Waals surface area contributed by atoms with E-state index in [1.165, 1.54) is 0 Å². The predicted octanol–water partition coefficient (Wildman–Crippen LogP) is 1.12. The first-order valence-electron chi connectivity index (χ1n) is 4.31. The summed E-state index contributed by atoms with van der Waals surface area (Å²) in [6.45, 7) is 1.09. The summed E-state index contributed by atoms with van der Waals surface area (Å²) in [4.78, 5) is 4.32. The van der Waals surface area contributed by atoms with Crippen molar-refractivity contribution in [3.05, 3.63) is 35.9 Å². The lowest BCUT2D eigenvalue weighted by Crippen LogP contribution is -2.27. The van der Waals surface area contributed by atoms with Gasteiger partial charge >= 0.3 is 0 Å². The number of hydrogen-bond donors (Lipinski definition) is 1. The molecule has 0 saturated carbocycles. The molecule has 0 saturated heterocycles. The first kappa shape index (κ1) is 8.26. The number of rotatable bonds is 1. The number of aliphatic imine (C=N–C) groups is 1. The lowest BCUT2D eigenvalue weighted by atomic mass is 10.1. The Hall–Kier alpha value is -1.35. The summed E-state index contributed by atoms with van der Waals surface area (Å²) in [5.41, 5.74) is 6.75. The number of hydrogen-bond acceptors (Lipinski definition) is 3. The molecule has 1 aromatic carbocycles. The van der Waals surface area contributed by atoms with Gasteiger partial charge in [0.2, 0.25) is 0 Å². The standard InChI is InChI=1S/C10H12N2O/c11-10-7-13-6-9(12-10)8-4-2-1-3-5-8/h1-5,9H,6-7H2,(H2,11,12). The van der Waals surface area contributed by atoms with Gasteiger partial charge in [0.05, 0.1) is 6.61 Å². The molecule has 13 heavy (non-hydrogen) atoms. The van der Waals surface area contributed by atoms with E-state index in [-0.39, 0.29) is 6.04 Å². The van der Waals surface area contributed by atoms with E-state index in [2.05, 4.69) is 4.99 Å². The quantitative estimate of drug-likeness (QED) is 0.696. The van der Waals surface area contributed by atoms with Crippen LogP contribution < -0.4 is 5.73 Å². The van der Waals surface area contributed by atoms with E-state index in [9.17, 15) is 0 Å². The molecule has 0 radical (unpaired) electrons. The largest absolute Gasteiger partial charge is 0.386 e. The molecule has 1 aliphatic heterocycles. The molecule has 0 aliphatic carbocycles. The highest BCUT2D eigenvalue weighted by Gasteiger charge is 2.14. The second kappa shape index (κ2) is 3.58. The Labute approximate surface area is 77.2 Å². The molecule has 1 heterocycles. The number of nitrogens with zero attached hydrogens (tertiary/aromatic N) is 1. The fourth-order valence-corrected chi connectivity index (χ4v) is 1.40. The van der Waals surface area contributed by atoms with Gasteiger partial charge in [0.15, 0.2) is 0 Å². The van der Waals surface area contributed by atoms with Gasteiger partial charge < -0.3 is 10.5 Å². The molecule has 1 aromatic rings. The molecule has 68 valence electrons. The van der Waals surface area contributed by atoms with Crippen LogP contribution in [0.2, 0.25) is 0 Å². The minimum Gasteiger partial charge on any atom is -0.386 e. The molecule has 2 N–H and O–H groups in total. The Balaban J connectivity index is 2.22. The number of ether oxygens (including phenoxy) is 1. The van der Waals surface area contributed by atoms with Crippen LogP contribution in [-0.4, -0.2) is 19.0 Å². The average molecular weight is 176 g/mol. The summed E-state index contributed by atoms with van der Waals surface area (Å²) in [7, 11) is 0. The van der Waals surface area contributed by atoms with Gasteiger partial charge in [0, 0.05) is 0 Å². The zero-order valence-corrected chi connectivity index (χ0v) is 7.31. The van der Waals surface area contributed by atoms with Crippen LogP contribution in [0.1, 0.15) is 11.6 Å². The number of benzene rings is 1. The zero-order valence-electron chi connectivity index (χ0n) is 7.31. The maximum absolute atomic E-state index is 5.59. The van der Waals surface area contributed by atoms with E-state index in [1.54, 1.807) is 0 Å². The Morgan fingerprint density at radius 3 is 2.77 bits per heavy atom. The SMILES string of the molecule is NC1=NC(c2ccccc2)COC1. The topological polar surface area (TPSA) is 47.6 Å². The smallest absolute Gasteiger partial charge is 0.121 e. The molecular weight excluding hydrogens is 164 g/mol. The van der Waals surface area contributed by atoms with E-state index in [0.29, 0.717) is 19.0 Å². The molecule has 2 rings (SSSR count). The van der Waals surface area contributed by atoms with Gasteiger partial charge in [-0.05, 0) is 5.56 Å². The molecular formula is C10H12N2O. The second-order valence-electron chi connectivity index (χ2n) is 3.06. The third-order valence-corrected chi connectivity index (χ3v) is 2.03. The van der Waals surface area contributed by atoms with E-state index in [4.69, 9.17) is 10.5 Å². The Kier molecular flexibility index (Phi) is 2.27. The first-order valence-corrected chi connectivity index (χ1v) is 4.31. The van der Waals surface area contributed by atoms with E-state index >= 15 is 0 Å². The van der Waals surface area contributed by atoms with E-state index < -0.39 is 0 Å². The summed E-state index contributed by atoms with van der Waals surface area (Å²) in [6.07, 6.45) is 0.